The lowest BCUT2D eigenvalue weighted by atomic mass is 9.87. The molecule has 3 N–H and O–H groups in total. The van der Waals surface area contributed by atoms with Crippen molar-refractivity contribution in [3.63, 3.8) is 0 Å². The van der Waals surface area contributed by atoms with E-state index in [1.165, 1.54) is 0 Å². The summed E-state index contributed by atoms with van der Waals surface area (Å²) in [4.78, 5) is 10.8. The van der Waals surface area contributed by atoms with Crippen molar-refractivity contribution in [3.05, 3.63) is 53.5 Å². The smallest absolute Gasteiger partial charge is 0.127 e. The fourth-order valence-electron chi connectivity index (χ4n) is 2.91. The Balaban J connectivity index is 1.65. The third-order valence-electron chi connectivity index (χ3n) is 4.39. The molecule has 5 heteroatoms. The van der Waals surface area contributed by atoms with E-state index in [0.717, 1.165) is 36.5 Å². The molecular formula is C17H22N4O. The van der Waals surface area contributed by atoms with Crippen molar-refractivity contribution in [2.24, 2.45) is 0 Å². The van der Waals surface area contributed by atoms with Crippen molar-refractivity contribution in [2.45, 2.75) is 31.9 Å². The molecule has 0 radical (unpaired) electrons. The van der Waals surface area contributed by atoms with Crippen LogP contribution in [0.4, 0.5) is 5.82 Å². The Labute approximate surface area is 130 Å². The zero-order chi connectivity index (χ0) is 15.6. The molecule has 2 aromatic rings. The molecule has 1 saturated heterocycles. The number of aliphatic hydroxyl groups is 1. The fraction of sp³-hybridized carbons (Fsp3) is 0.412. The molecule has 0 saturated carbocycles. The molecule has 0 unspecified atom stereocenters. The van der Waals surface area contributed by atoms with Gasteiger partial charge in [-0.2, -0.15) is 0 Å². The minimum Gasteiger partial charge on any atom is -0.383 e. The number of piperidine rings is 1. The number of aryl methyl sites for hydroxylation is 1. The lowest BCUT2D eigenvalue weighted by Crippen LogP contribution is -2.42. The van der Waals surface area contributed by atoms with Gasteiger partial charge in [0.15, 0.2) is 0 Å². The van der Waals surface area contributed by atoms with Crippen molar-refractivity contribution in [1.29, 1.82) is 0 Å². The van der Waals surface area contributed by atoms with Gasteiger partial charge in [-0.1, -0.05) is 12.1 Å². The van der Waals surface area contributed by atoms with Crippen LogP contribution in [0.1, 0.15) is 29.7 Å². The quantitative estimate of drug-likeness (QED) is 0.904. The van der Waals surface area contributed by atoms with Crippen molar-refractivity contribution in [2.75, 3.05) is 18.8 Å². The number of aromatic nitrogens is 2. The van der Waals surface area contributed by atoms with Gasteiger partial charge < -0.3 is 10.8 Å². The molecule has 0 bridgehead atoms. The van der Waals surface area contributed by atoms with Gasteiger partial charge >= 0.3 is 0 Å². The summed E-state index contributed by atoms with van der Waals surface area (Å²) in [6.07, 6.45) is 4.89. The minimum atomic E-state index is -0.815. The Kier molecular flexibility index (Phi) is 4.09. The third kappa shape index (κ3) is 3.10. The topological polar surface area (TPSA) is 75.3 Å². The lowest BCUT2D eigenvalue weighted by molar-refractivity contribution is -0.0310. The Morgan fingerprint density at radius 3 is 2.64 bits per heavy atom. The maximum atomic E-state index is 10.8. The normalized spacial score (nSPS) is 18.3. The number of nitrogens with two attached hydrogens (primary N) is 1. The highest BCUT2D eigenvalue weighted by atomic mass is 16.3. The summed E-state index contributed by atoms with van der Waals surface area (Å²) in [5, 5.41) is 10.8. The van der Waals surface area contributed by atoms with E-state index in [2.05, 4.69) is 14.9 Å². The standard InChI is InChI=1S/C17H22N4O/c1-13-4-5-15(20-11-13)17(22)6-9-21(10-7-17)12-14-3-2-8-19-16(14)18/h2-5,8,11,22H,6-7,9-10,12H2,1H3,(H2,18,19). The first-order valence-electron chi connectivity index (χ1n) is 7.64. The van der Waals surface area contributed by atoms with Crippen LogP contribution in [-0.2, 0) is 12.1 Å². The van der Waals surface area contributed by atoms with Gasteiger partial charge in [-0.25, -0.2) is 4.98 Å². The molecule has 2 aromatic heterocycles. The van der Waals surface area contributed by atoms with Crippen LogP contribution >= 0.6 is 0 Å². The van der Waals surface area contributed by atoms with Crippen LogP contribution in [0, 0.1) is 6.92 Å². The third-order valence-corrected chi connectivity index (χ3v) is 4.39. The monoisotopic (exact) mass is 298 g/mol. The number of hydrogen-bond donors (Lipinski definition) is 2. The minimum absolute atomic E-state index is 0.587. The molecule has 22 heavy (non-hydrogen) atoms. The number of nitrogen functional groups attached to an aromatic ring is 1. The summed E-state index contributed by atoms with van der Waals surface area (Å²) in [6, 6.07) is 7.85. The van der Waals surface area contributed by atoms with Crippen LogP contribution in [0.3, 0.4) is 0 Å². The van der Waals surface area contributed by atoms with Crippen molar-refractivity contribution in [3.8, 4) is 0 Å². The van der Waals surface area contributed by atoms with Gasteiger partial charge in [0, 0.05) is 37.6 Å². The SMILES string of the molecule is Cc1ccc(C2(O)CCN(Cc3cccnc3N)CC2)nc1. The molecule has 1 fully saturated rings. The summed E-state index contributed by atoms with van der Waals surface area (Å²) in [6.45, 7) is 4.42. The number of rotatable bonds is 3. The predicted molar refractivity (Wildman–Crippen MR) is 86.0 cm³/mol. The van der Waals surface area contributed by atoms with Gasteiger partial charge in [0.05, 0.1) is 5.69 Å². The molecule has 3 heterocycles. The van der Waals surface area contributed by atoms with Crippen LogP contribution in [0.2, 0.25) is 0 Å². The van der Waals surface area contributed by atoms with Gasteiger partial charge in [-0.05, 0) is 37.5 Å². The van der Waals surface area contributed by atoms with E-state index < -0.39 is 5.60 Å². The van der Waals surface area contributed by atoms with E-state index in [1.54, 1.807) is 6.20 Å². The van der Waals surface area contributed by atoms with Crippen molar-refractivity contribution >= 4 is 5.82 Å². The number of likely N-dealkylation sites (tertiary alicyclic amines) is 1. The van der Waals surface area contributed by atoms with E-state index in [1.807, 2.05) is 37.4 Å². The number of nitrogens with zero attached hydrogens (tertiary/aromatic N) is 3. The first-order valence-corrected chi connectivity index (χ1v) is 7.64. The second-order valence-electron chi connectivity index (χ2n) is 6.08. The van der Waals surface area contributed by atoms with E-state index >= 15 is 0 Å². The first kappa shape index (κ1) is 14.9. The molecule has 0 aromatic carbocycles. The Morgan fingerprint density at radius 2 is 2.00 bits per heavy atom. The molecule has 1 aliphatic rings. The number of anilines is 1. The summed E-state index contributed by atoms with van der Waals surface area (Å²) >= 11 is 0. The molecule has 0 spiro atoms. The molecule has 116 valence electrons. The molecule has 3 rings (SSSR count). The number of hydrogen-bond acceptors (Lipinski definition) is 5. The summed E-state index contributed by atoms with van der Waals surface area (Å²) in [5.41, 5.74) is 8.01. The van der Waals surface area contributed by atoms with Gasteiger partial charge in [0.25, 0.3) is 0 Å². The fourth-order valence-corrected chi connectivity index (χ4v) is 2.91. The largest absolute Gasteiger partial charge is 0.383 e. The van der Waals surface area contributed by atoms with Gasteiger partial charge in [-0.3, -0.25) is 9.88 Å². The molecular weight excluding hydrogens is 276 g/mol. The second kappa shape index (κ2) is 6.02. The molecule has 5 nitrogen and oxygen atoms in total. The molecule has 1 aliphatic heterocycles. The van der Waals surface area contributed by atoms with Crippen LogP contribution in [-0.4, -0.2) is 33.1 Å². The van der Waals surface area contributed by atoms with Gasteiger partial charge in [0.2, 0.25) is 0 Å². The van der Waals surface area contributed by atoms with Crippen molar-refractivity contribution in [1.82, 2.24) is 14.9 Å². The van der Waals surface area contributed by atoms with E-state index in [9.17, 15) is 5.11 Å². The Hall–Kier alpha value is -1.98. The molecule has 0 aliphatic carbocycles. The van der Waals surface area contributed by atoms with E-state index in [-0.39, 0.29) is 0 Å². The zero-order valence-electron chi connectivity index (χ0n) is 12.9. The summed E-state index contributed by atoms with van der Waals surface area (Å²) in [5.74, 6) is 0.587. The Morgan fingerprint density at radius 1 is 1.23 bits per heavy atom. The lowest BCUT2D eigenvalue weighted by Gasteiger charge is -2.37. The maximum Gasteiger partial charge on any atom is 0.127 e. The maximum absolute atomic E-state index is 10.8. The van der Waals surface area contributed by atoms with E-state index in [0.29, 0.717) is 18.7 Å². The number of pyridine rings is 2. The van der Waals surface area contributed by atoms with E-state index in [4.69, 9.17) is 5.73 Å². The Bertz CT molecular complexity index is 633. The second-order valence-corrected chi connectivity index (χ2v) is 6.08. The predicted octanol–water partition coefficient (Wildman–Crippen LogP) is 1.85. The van der Waals surface area contributed by atoms with Crippen molar-refractivity contribution < 1.29 is 5.11 Å². The van der Waals surface area contributed by atoms with Crippen LogP contribution in [0.15, 0.2) is 36.7 Å². The van der Waals surface area contributed by atoms with Gasteiger partial charge in [-0.15, -0.1) is 0 Å². The van der Waals surface area contributed by atoms with Gasteiger partial charge in [0.1, 0.15) is 11.4 Å². The molecule has 0 amide bonds. The van der Waals surface area contributed by atoms with Crippen LogP contribution in [0.5, 0.6) is 0 Å². The average Bonchev–Trinajstić information content (AvgIpc) is 2.52. The highest BCUT2D eigenvalue weighted by Crippen LogP contribution is 2.32. The first-order chi connectivity index (χ1) is 10.6. The van der Waals surface area contributed by atoms with Crippen LogP contribution < -0.4 is 5.73 Å². The molecule has 0 atom stereocenters. The summed E-state index contributed by atoms with van der Waals surface area (Å²) in [7, 11) is 0. The summed E-state index contributed by atoms with van der Waals surface area (Å²) < 4.78 is 0. The highest BCUT2D eigenvalue weighted by Gasteiger charge is 2.35. The zero-order valence-corrected chi connectivity index (χ0v) is 12.9. The van der Waals surface area contributed by atoms with Crippen LogP contribution in [0.25, 0.3) is 0 Å². The average molecular weight is 298 g/mol. The highest BCUT2D eigenvalue weighted by molar-refractivity contribution is 5.38.